The van der Waals surface area contributed by atoms with Crippen molar-refractivity contribution in [3.8, 4) is 12.3 Å². The molecule has 1 nitrogen and oxygen atoms in total. The van der Waals surface area contributed by atoms with Crippen LogP contribution in [0.25, 0.3) is 0 Å². The Kier molecular flexibility index (Phi) is 3.79. The fourth-order valence-corrected chi connectivity index (χ4v) is 0.484. The zero-order chi connectivity index (χ0) is 7.28. The second-order valence-electron chi connectivity index (χ2n) is 2.33. The third kappa shape index (κ3) is 3.78. The van der Waals surface area contributed by atoms with E-state index in [2.05, 4.69) is 5.92 Å². The van der Waals surface area contributed by atoms with E-state index in [1.807, 2.05) is 13.8 Å². The average molecular weight is 124 g/mol. The first-order valence-corrected chi connectivity index (χ1v) is 3.14. The van der Waals surface area contributed by atoms with Crippen molar-refractivity contribution in [2.75, 3.05) is 0 Å². The van der Waals surface area contributed by atoms with Gasteiger partial charge in [0, 0.05) is 18.8 Å². The minimum absolute atomic E-state index is 0.137. The molecule has 0 rings (SSSR count). The molecule has 0 aromatic carbocycles. The first kappa shape index (κ1) is 8.23. The Labute approximate surface area is 56.5 Å². The Morgan fingerprint density at radius 3 is 2.56 bits per heavy atom. The molecule has 0 spiro atoms. The van der Waals surface area contributed by atoms with E-state index < -0.39 is 0 Å². The maximum atomic E-state index is 10.8. The number of ketones is 1. The highest BCUT2D eigenvalue weighted by atomic mass is 16.1. The van der Waals surface area contributed by atoms with Gasteiger partial charge in [-0.1, -0.05) is 13.8 Å². The minimum Gasteiger partial charge on any atom is -0.299 e. The molecule has 0 bridgehead atoms. The molecule has 0 saturated heterocycles. The lowest BCUT2D eigenvalue weighted by molar-refractivity contribution is -0.121. The lowest BCUT2D eigenvalue weighted by Gasteiger charge is -1.98. The Morgan fingerprint density at radius 2 is 2.22 bits per heavy atom. The van der Waals surface area contributed by atoms with Crippen molar-refractivity contribution in [3.63, 3.8) is 0 Å². The van der Waals surface area contributed by atoms with E-state index in [1.54, 1.807) is 0 Å². The number of terminal acetylenes is 1. The second-order valence-corrected chi connectivity index (χ2v) is 2.33. The Morgan fingerprint density at radius 1 is 1.67 bits per heavy atom. The number of carbonyl (C=O) groups is 1. The van der Waals surface area contributed by atoms with Gasteiger partial charge in [-0.05, 0) is 0 Å². The molecule has 0 saturated carbocycles. The molecule has 0 fully saturated rings. The third-order valence-corrected chi connectivity index (χ3v) is 1.16. The lowest BCUT2D eigenvalue weighted by atomic mass is 10.1. The van der Waals surface area contributed by atoms with E-state index in [0.29, 0.717) is 12.8 Å². The zero-order valence-corrected chi connectivity index (χ0v) is 5.98. The fourth-order valence-electron chi connectivity index (χ4n) is 0.484. The third-order valence-electron chi connectivity index (χ3n) is 1.16. The fraction of sp³-hybridized carbons (Fsp3) is 0.625. The Bertz CT molecular complexity index is 128. The van der Waals surface area contributed by atoms with Crippen molar-refractivity contribution in [1.82, 2.24) is 0 Å². The quantitative estimate of drug-likeness (QED) is 0.522. The van der Waals surface area contributed by atoms with Crippen LogP contribution < -0.4 is 0 Å². The van der Waals surface area contributed by atoms with Gasteiger partial charge in [0.2, 0.25) is 0 Å². The van der Waals surface area contributed by atoms with E-state index in [1.165, 1.54) is 0 Å². The summed E-state index contributed by atoms with van der Waals surface area (Å²) in [6, 6.07) is 0. The molecule has 1 heteroatoms. The van der Waals surface area contributed by atoms with Crippen molar-refractivity contribution in [2.45, 2.75) is 26.7 Å². The van der Waals surface area contributed by atoms with Gasteiger partial charge < -0.3 is 0 Å². The summed E-state index contributed by atoms with van der Waals surface area (Å²) in [4.78, 5) is 10.8. The van der Waals surface area contributed by atoms with Crippen LogP contribution in [0.3, 0.4) is 0 Å². The Hall–Kier alpha value is -0.770. The summed E-state index contributed by atoms with van der Waals surface area (Å²) in [5, 5.41) is 0. The number of hydrogen-bond acceptors (Lipinski definition) is 1. The van der Waals surface area contributed by atoms with Crippen molar-refractivity contribution >= 4 is 5.78 Å². The van der Waals surface area contributed by atoms with Crippen LogP contribution in [0.1, 0.15) is 26.7 Å². The van der Waals surface area contributed by atoms with E-state index in [0.717, 1.165) is 0 Å². The van der Waals surface area contributed by atoms with E-state index in [9.17, 15) is 4.79 Å². The normalized spacial score (nSPS) is 9.11. The van der Waals surface area contributed by atoms with E-state index in [4.69, 9.17) is 6.42 Å². The number of Topliss-reactive ketones (excluding diaryl/α,β-unsaturated/α-hetero) is 1. The van der Waals surface area contributed by atoms with E-state index in [-0.39, 0.29) is 11.7 Å². The van der Waals surface area contributed by atoms with Gasteiger partial charge in [-0.2, -0.15) is 0 Å². The monoisotopic (exact) mass is 124 g/mol. The largest absolute Gasteiger partial charge is 0.299 e. The van der Waals surface area contributed by atoms with Gasteiger partial charge in [0.15, 0.2) is 0 Å². The van der Waals surface area contributed by atoms with Gasteiger partial charge in [0.1, 0.15) is 5.78 Å². The summed E-state index contributed by atoms with van der Waals surface area (Å²) in [5.41, 5.74) is 0. The van der Waals surface area contributed by atoms with Gasteiger partial charge in [0.05, 0.1) is 0 Å². The van der Waals surface area contributed by atoms with Crippen molar-refractivity contribution < 1.29 is 4.79 Å². The predicted molar refractivity (Wildman–Crippen MR) is 37.9 cm³/mol. The molecule has 0 N–H and O–H groups in total. The van der Waals surface area contributed by atoms with Crippen LogP contribution in [0, 0.1) is 18.3 Å². The Balaban J connectivity index is 3.42. The van der Waals surface area contributed by atoms with Crippen LogP contribution in [0.4, 0.5) is 0 Å². The van der Waals surface area contributed by atoms with Crippen molar-refractivity contribution in [3.05, 3.63) is 0 Å². The van der Waals surface area contributed by atoms with Crippen LogP contribution in [0.2, 0.25) is 0 Å². The van der Waals surface area contributed by atoms with E-state index >= 15 is 0 Å². The van der Waals surface area contributed by atoms with Gasteiger partial charge >= 0.3 is 0 Å². The molecule has 0 radical (unpaired) electrons. The molecule has 0 aromatic rings. The zero-order valence-electron chi connectivity index (χ0n) is 5.98. The number of hydrogen-bond donors (Lipinski definition) is 0. The second kappa shape index (κ2) is 4.14. The maximum Gasteiger partial charge on any atom is 0.136 e. The molecule has 0 unspecified atom stereocenters. The lowest BCUT2D eigenvalue weighted by Crippen LogP contribution is -2.05. The van der Waals surface area contributed by atoms with Crippen molar-refractivity contribution in [2.24, 2.45) is 5.92 Å². The van der Waals surface area contributed by atoms with Crippen LogP contribution in [0.5, 0.6) is 0 Å². The number of rotatable bonds is 3. The highest BCUT2D eigenvalue weighted by Gasteiger charge is 2.04. The topological polar surface area (TPSA) is 17.1 Å². The summed E-state index contributed by atoms with van der Waals surface area (Å²) in [6.07, 6.45) is 6.09. The molecular formula is C8H12O. The van der Waals surface area contributed by atoms with Crippen LogP contribution in [-0.4, -0.2) is 5.78 Å². The molecule has 0 aliphatic carbocycles. The van der Waals surface area contributed by atoms with Gasteiger partial charge in [0.25, 0.3) is 0 Å². The highest BCUT2D eigenvalue weighted by Crippen LogP contribution is 1.99. The highest BCUT2D eigenvalue weighted by molar-refractivity contribution is 5.80. The molecule has 0 aliphatic rings. The molecule has 50 valence electrons. The first-order valence-electron chi connectivity index (χ1n) is 3.14. The predicted octanol–water partition coefficient (Wildman–Crippen LogP) is 1.62. The summed E-state index contributed by atoms with van der Waals surface area (Å²) < 4.78 is 0. The maximum absolute atomic E-state index is 10.8. The molecule has 0 atom stereocenters. The van der Waals surface area contributed by atoms with Crippen LogP contribution >= 0.6 is 0 Å². The standard InChI is InChI=1S/C8H12O/c1-4-5-6-8(9)7(2)3/h1,7H,5-6H2,2-3H3. The summed E-state index contributed by atoms with van der Waals surface area (Å²) in [5.74, 6) is 2.83. The molecule has 0 heterocycles. The minimum atomic E-state index is 0.137. The van der Waals surface area contributed by atoms with Gasteiger partial charge in [-0.25, -0.2) is 0 Å². The average Bonchev–Trinajstić information content (AvgIpc) is 1.82. The molecule has 9 heavy (non-hydrogen) atoms. The molecule has 0 aromatic heterocycles. The summed E-state index contributed by atoms with van der Waals surface area (Å²) in [7, 11) is 0. The molecule has 0 amide bonds. The first-order chi connectivity index (χ1) is 4.18. The number of carbonyl (C=O) groups excluding carboxylic acids is 1. The van der Waals surface area contributed by atoms with Crippen LogP contribution in [-0.2, 0) is 4.79 Å². The van der Waals surface area contributed by atoms with Crippen molar-refractivity contribution in [1.29, 1.82) is 0 Å². The summed E-state index contributed by atoms with van der Waals surface area (Å²) >= 11 is 0. The summed E-state index contributed by atoms with van der Waals surface area (Å²) in [6.45, 7) is 3.78. The van der Waals surface area contributed by atoms with Gasteiger partial charge in [-0.3, -0.25) is 4.79 Å². The van der Waals surface area contributed by atoms with Crippen LogP contribution in [0.15, 0.2) is 0 Å². The molecule has 0 aliphatic heterocycles. The molecular weight excluding hydrogens is 112 g/mol. The SMILES string of the molecule is C#CCCC(=O)C(C)C. The smallest absolute Gasteiger partial charge is 0.136 e. The van der Waals surface area contributed by atoms with Gasteiger partial charge in [-0.15, -0.1) is 12.3 Å².